The molecule has 0 aliphatic carbocycles. The van der Waals surface area contributed by atoms with Crippen LogP contribution in [0.3, 0.4) is 0 Å². The molecule has 0 unspecified atom stereocenters. The number of aromatic amines is 1. The van der Waals surface area contributed by atoms with Gasteiger partial charge in [-0.2, -0.15) is 0 Å². The van der Waals surface area contributed by atoms with Crippen LogP contribution in [0.1, 0.15) is 42.2 Å². The lowest BCUT2D eigenvalue weighted by Crippen LogP contribution is -2.34. The van der Waals surface area contributed by atoms with Crippen LogP contribution < -0.4 is 15.4 Å². The van der Waals surface area contributed by atoms with Crippen LogP contribution in [0.2, 0.25) is 0 Å². The lowest BCUT2D eigenvalue weighted by atomic mass is 10.1. The number of H-pyrrole nitrogens is 1. The Morgan fingerprint density at radius 1 is 1.11 bits per heavy atom. The summed E-state index contributed by atoms with van der Waals surface area (Å²) in [6.45, 7) is 2.20. The molecule has 0 bridgehead atoms. The van der Waals surface area contributed by atoms with Crippen molar-refractivity contribution in [3.63, 3.8) is 0 Å². The predicted molar refractivity (Wildman–Crippen MR) is 118 cm³/mol. The van der Waals surface area contributed by atoms with E-state index in [1.807, 2.05) is 30.3 Å². The van der Waals surface area contributed by atoms with Crippen LogP contribution in [0.15, 0.2) is 48.5 Å². The monoisotopic (exact) mass is 395 g/mol. The molecular weight excluding hydrogens is 370 g/mol. The van der Waals surface area contributed by atoms with E-state index in [-0.39, 0.29) is 11.0 Å². The Morgan fingerprint density at radius 3 is 2.61 bits per heavy atom. The summed E-state index contributed by atoms with van der Waals surface area (Å²) in [5.74, 6) is 0.456. The molecule has 146 valence electrons. The minimum atomic E-state index is -0.288. The highest BCUT2D eigenvalue weighted by molar-refractivity contribution is 7.80. The normalized spacial score (nSPS) is 10.6. The summed E-state index contributed by atoms with van der Waals surface area (Å²) in [7, 11) is 1.61. The number of rotatable bonds is 7. The molecule has 0 saturated carbocycles. The molecule has 6 heteroatoms. The zero-order chi connectivity index (χ0) is 19.9. The van der Waals surface area contributed by atoms with Crippen molar-refractivity contribution in [1.82, 2.24) is 10.3 Å². The zero-order valence-corrected chi connectivity index (χ0v) is 17.0. The van der Waals surface area contributed by atoms with Crippen molar-refractivity contribution in [3.05, 3.63) is 59.8 Å². The van der Waals surface area contributed by atoms with Gasteiger partial charge in [-0.05, 0) is 67.0 Å². The summed E-state index contributed by atoms with van der Waals surface area (Å²) in [5.41, 5.74) is 3.47. The minimum absolute atomic E-state index is 0.264. The molecule has 0 atom stereocenters. The van der Waals surface area contributed by atoms with Crippen molar-refractivity contribution in [1.29, 1.82) is 0 Å². The molecule has 3 aromatic rings. The number of methoxy groups -OCH3 is 1. The SMILES string of the molecule is CCCCCc1ccc(NC(=S)NC(=O)c2cc3cc(OC)ccc3[nH]2)cc1. The van der Waals surface area contributed by atoms with Crippen LogP contribution >= 0.6 is 12.2 Å². The molecule has 3 rings (SSSR count). The number of aryl methyl sites for hydroxylation is 1. The summed E-state index contributed by atoms with van der Waals surface area (Å²) in [5, 5.41) is 6.93. The third kappa shape index (κ3) is 5.10. The van der Waals surface area contributed by atoms with Crippen LogP contribution in [-0.4, -0.2) is 23.1 Å². The summed E-state index contributed by atoms with van der Waals surface area (Å²) >= 11 is 5.27. The molecule has 0 radical (unpaired) electrons. The van der Waals surface area contributed by atoms with Crippen molar-refractivity contribution in [2.45, 2.75) is 32.6 Å². The molecular formula is C22H25N3O2S. The highest BCUT2D eigenvalue weighted by atomic mass is 32.1. The molecule has 1 aromatic heterocycles. The fraction of sp³-hybridized carbons (Fsp3) is 0.273. The largest absolute Gasteiger partial charge is 0.497 e. The quantitative estimate of drug-likeness (QED) is 0.387. The number of anilines is 1. The number of unbranched alkanes of at least 4 members (excludes halogenated alkanes) is 2. The van der Waals surface area contributed by atoms with Crippen LogP contribution in [0.4, 0.5) is 5.69 Å². The number of carbonyl (C=O) groups excluding carboxylic acids is 1. The number of aromatic nitrogens is 1. The summed E-state index contributed by atoms with van der Waals surface area (Å²) in [4.78, 5) is 15.6. The predicted octanol–water partition coefficient (Wildman–Crippen LogP) is 5.04. The van der Waals surface area contributed by atoms with Gasteiger partial charge < -0.3 is 15.0 Å². The Balaban J connectivity index is 1.57. The van der Waals surface area contributed by atoms with Gasteiger partial charge in [0, 0.05) is 16.6 Å². The molecule has 5 nitrogen and oxygen atoms in total. The lowest BCUT2D eigenvalue weighted by molar-refractivity contribution is 0.0973. The van der Waals surface area contributed by atoms with Crippen molar-refractivity contribution in [3.8, 4) is 5.75 Å². The number of benzene rings is 2. The maximum atomic E-state index is 12.5. The molecule has 28 heavy (non-hydrogen) atoms. The van der Waals surface area contributed by atoms with Gasteiger partial charge in [0.15, 0.2) is 5.11 Å². The second kappa shape index (κ2) is 9.37. The van der Waals surface area contributed by atoms with Gasteiger partial charge in [0.2, 0.25) is 0 Å². The molecule has 0 fully saturated rings. The van der Waals surface area contributed by atoms with E-state index >= 15 is 0 Å². The standard InChI is InChI=1S/C22H25N3O2S/c1-3-4-5-6-15-7-9-17(10-8-15)23-22(28)25-21(26)20-14-16-13-18(27-2)11-12-19(16)24-20/h7-14,24H,3-6H2,1-2H3,(H2,23,25,26,28). The first kappa shape index (κ1) is 19.9. The van der Waals surface area contributed by atoms with Gasteiger partial charge in [0.05, 0.1) is 7.11 Å². The number of hydrogen-bond acceptors (Lipinski definition) is 3. The summed E-state index contributed by atoms with van der Waals surface area (Å²) in [6.07, 6.45) is 4.75. The molecule has 0 aliphatic rings. The van der Waals surface area contributed by atoms with Crippen LogP contribution in [0.5, 0.6) is 5.75 Å². The molecule has 1 heterocycles. The van der Waals surface area contributed by atoms with Crippen molar-refractivity contribution in [2.75, 3.05) is 12.4 Å². The number of thiocarbonyl (C=S) groups is 1. The van der Waals surface area contributed by atoms with Crippen LogP contribution in [0, 0.1) is 0 Å². The number of ether oxygens (including phenoxy) is 1. The van der Waals surface area contributed by atoms with E-state index in [9.17, 15) is 4.79 Å². The molecule has 2 aromatic carbocycles. The maximum Gasteiger partial charge on any atom is 0.273 e. The van der Waals surface area contributed by atoms with E-state index in [4.69, 9.17) is 17.0 Å². The Hall–Kier alpha value is -2.86. The molecule has 0 aliphatic heterocycles. The third-order valence-corrected chi connectivity index (χ3v) is 4.78. The average molecular weight is 396 g/mol. The van der Waals surface area contributed by atoms with Gasteiger partial charge in [0.25, 0.3) is 5.91 Å². The highest BCUT2D eigenvalue weighted by Crippen LogP contribution is 2.21. The zero-order valence-electron chi connectivity index (χ0n) is 16.2. The number of carbonyl (C=O) groups is 1. The first-order valence-electron chi connectivity index (χ1n) is 9.47. The number of hydrogen-bond donors (Lipinski definition) is 3. The second-order valence-corrected chi connectivity index (χ2v) is 7.11. The Kier molecular flexibility index (Phi) is 6.66. The van der Waals surface area contributed by atoms with E-state index in [2.05, 4.69) is 34.7 Å². The number of amides is 1. The molecule has 0 saturated heterocycles. The van der Waals surface area contributed by atoms with Crippen molar-refractivity contribution >= 4 is 39.8 Å². The molecule has 0 spiro atoms. The van der Waals surface area contributed by atoms with E-state index in [0.29, 0.717) is 5.69 Å². The van der Waals surface area contributed by atoms with E-state index in [1.165, 1.54) is 24.8 Å². The van der Waals surface area contributed by atoms with E-state index in [1.54, 1.807) is 13.2 Å². The van der Waals surface area contributed by atoms with Gasteiger partial charge in [-0.15, -0.1) is 0 Å². The van der Waals surface area contributed by atoms with Gasteiger partial charge in [-0.3, -0.25) is 10.1 Å². The second-order valence-electron chi connectivity index (χ2n) is 6.70. The van der Waals surface area contributed by atoms with E-state index in [0.717, 1.165) is 28.8 Å². The van der Waals surface area contributed by atoms with Crippen LogP contribution in [-0.2, 0) is 6.42 Å². The van der Waals surface area contributed by atoms with Gasteiger partial charge in [0.1, 0.15) is 11.4 Å². The minimum Gasteiger partial charge on any atom is -0.497 e. The van der Waals surface area contributed by atoms with Gasteiger partial charge in [-0.25, -0.2) is 0 Å². The highest BCUT2D eigenvalue weighted by Gasteiger charge is 2.12. The van der Waals surface area contributed by atoms with Crippen molar-refractivity contribution in [2.24, 2.45) is 0 Å². The number of fused-ring (bicyclic) bond motifs is 1. The number of nitrogens with one attached hydrogen (secondary N) is 3. The lowest BCUT2D eigenvalue weighted by Gasteiger charge is -2.09. The van der Waals surface area contributed by atoms with Gasteiger partial charge in [-0.1, -0.05) is 31.9 Å². The summed E-state index contributed by atoms with van der Waals surface area (Å²) in [6, 6.07) is 15.5. The fourth-order valence-electron chi connectivity index (χ4n) is 3.03. The van der Waals surface area contributed by atoms with Crippen molar-refractivity contribution < 1.29 is 9.53 Å². The Morgan fingerprint density at radius 2 is 1.89 bits per heavy atom. The van der Waals surface area contributed by atoms with E-state index < -0.39 is 0 Å². The smallest absolute Gasteiger partial charge is 0.273 e. The third-order valence-electron chi connectivity index (χ3n) is 4.58. The van der Waals surface area contributed by atoms with Gasteiger partial charge >= 0.3 is 0 Å². The molecule has 3 N–H and O–H groups in total. The fourth-order valence-corrected chi connectivity index (χ4v) is 3.24. The topological polar surface area (TPSA) is 66.2 Å². The molecule has 1 amide bonds. The average Bonchev–Trinajstić information content (AvgIpc) is 3.13. The Labute approximate surface area is 170 Å². The van der Waals surface area contributed by atoms with Crippen LogP contribution in [0.25, 0.3) is 10.9 Å². The first-order chi connectivity index (χ1) is 13.6. The summed E-state index contributed by atoms with van der Waals surface area (Å²) < 4.78 is 5.21. The first-order valence-corrected chi connectivity index (χ1v) is 9.88. The Bertz CT molecular complexity index is 964. The maximum absolute atomic E-state index is 12.5.